The predicted molar refractivity (Wildman–Crippen MR) is 80.1 cm³/mol. The lowest BCUT2D eigenvalue weighted by Crippen LogP contribution is -1.98. The summed E-state index contributed by atoms with van der Waals surface area (Å²) < 4.78 is 1.82. The molecule has 0 amide bonds. The zero-order chi connectivity index (χ0) is 14.7. The Morgan fingerprint density at radius 3 is 2.75 bits per heavy atom. The van der Waals surface area contributed by atoms with Crippen LogP contribution in [-0.2, 0) is 12.8 Å². The molecule has 0 radical (unpaired) electrons. The lowest BCUT2D eigenvalue weighted by molar-refractivity contribution is -0.384. The predicted octanol–water partition coefficient (Wildman–Crippen LogP) is 2.97. The number of aryl methyl sites for hydroxylation is 2. The molecule has 0 aliphatic carbocycles. The van der Waals surface area contributed by atoms with Gasteiger partial charge >= 0.3 is 0 Å². The van der Waals surface area contributed by atoms with Gasteiger partial charge in [-0.2, -0.15) is 5.10 Å². The number of thioether (sulfide) groups is 1. The van der Waals surface area contributed by atoms with Crippen LogP contribution in [0.25, 0.3) is 0 Å². The van der Waals surface area contributed by atoms with Crippen LogP contribution in [0.15, 0.2) is 29.3 Å². The van der Waals surface area contributed by atoms with Crippen LogP contribution in [0, 0.1) is 17.0 Å². The zero-order valence-electron chi connectivity index (χ0n) is 11.6. The number of rotatable bonds is 5. The Hall–Kier alpha value is -2.02. The summed E-state index contributed by atoms with van der Waals surface area (Å²) in [5, 5.41) is 19.2. The molecule has 0 spiro atoms. The number of hydrogen-bond donors (Lipinski definition) is 1. The number of nitro benzene ring substituents is 1. The van der Waals surface area contributed by atoms with E-state index in [1.54, 1.807) is 23.9 Å². The molecular formula is C13H16N4O2S. The van der Waals surface area contributed by atoms with E-state index in [1.807, 2.05) is 31.8 Å². The SMILES string of the molecule is CNc1ccc([N+](=O)[O-])cc1CSc1cc(C)nn1C. The van der Waals surface area contributed by atoms with Gasteiger partial charge in [0.05, 0.1) is 15.6 Å². The molecule has 1 heterocycles. The number of nitro groups is 1. The van der Waals surface area contributed by atoms with Crippen LogP contribution in [0.3, 0.4) is 0 Å². The van der Waals surface area contributed by atoms with Crippen molar-refractivity contribution in [1.29, 1.82) is 0 Å². The van der Waals surface area contributed by atoms with Crippen molar-refractivity contribution in [1.82, 2.24) is 9.78 Å². The van der Waals surface area contributed by atoms with Crippen molar-refractivity contribution >= 4 is 23.1 Å². The van der Waals surface area contributed by atoms with Crippen molar-refractivity contribution in [2.24, 2.45) is 7.05 Å². The second-order valence-electron chi connectivity index (χ2n) is 4.38. The van der Waals surface area contributed by atoms with Crippen LogP contribution in [0.2, 0.25) is 0 Å². The summed E-state index contributed by atoms with van der Waals surface area (Å²) in [6.45, 7) is 1.94. The molecule has 1 aromatic heterocycles. The summed E-state index contributed by atoms with van der Waals surface area (Å²) in [5.41, 5.74) is 2.89. The standard InChI is InChI=1S/C13H16N4O2S/c1-9-6-13(16(3)15-9)20-8-10-7-11(17(18)19)4-5-12(10)14-2/h4-7,14H,8H2,1-3H3. The molecule has 0 atom stereocenters. The lowest BCUT2D eigenvalue weighted by atomic mass is 10.2. The number of hydrogen-bond acceptors (Lipinski definition) is 5. The van der Waals surface area contributed by atoms with Gasteiger partial charge in [0.1, 0.15) is 0 Å². The molecular weight excluding hydrogens is 276 g/mol. The fourth-order valence-electron chi connectivity index (χ4n) is 1.93. The smallest absolute Gasteiger partial charge is 0.269 e. The molecule has 106 valence electrons. The topological polar surface area (TPSA) is 73.0 Å². The van der Waals surface area contributed by atoms with Gasteiger partial charge in [0.2, 0.25) is 0 Å². The second kappa shape index (κ2) is 5.96. The van der Waals surface area contributed by atoms with Crippen LogP contribution >= 0.6 is 11.8 Å². The average Bonchev–Trinajstić information content (AvgIpc) is 2.74. The molecule has 0 fully saturated rings. The maximum absolute atomic E-state index is 10.8. The first-order valence-electron chi connectivity index (χ1n) is 6.09. The van der Waals surface area contributed by atoms with Crippen molar-refractivity contribution < 1.29 is 4.92 Å². The fourth-order valence-corrected chi connectivity index (χ4v) is 2.95. The van der Waals surface area contributed by atoms with Crippen LogP contribution in [0.1, 0.15) is 11.3 Å². The first-order chi connectivity index (χ1) is 9.51. The van der Waals surface area contributed by atoms with E-state index in [1.165, 1.54) is 6.07 Å². The Balaban J connectivity index is 2.21. The monoisotopic (exact) mass is 292 g/mol. The van der Waals surface area contributed by atoms with Gasteiger partial charge in [-0.3, -0.25) is 14.8 Å². The average molecular weight is 292 g/mol. The van der Waals surface area contributed by atoms with Crippen LogP contribution in [0.5, 0.6) is 0 Å². The molecule has 0 saturated heterocycles. The maximum atomic E-state index is 10.8. The van der Waals surface area contributed by atoms with E-state index in [-0.39, 0.29) is 10.6 Å². The highest BCUT2D eigenvalue weighted by atomic mass is 32.2. The molecule has 0 aliphatic heterocycles. The third-order valence-corrected chi connectivity index (χ3v) is 4.04. The van der Waals surface area contributed by atoms with E-state index in [9.17, 15) is 10.1 Å². The summed E-state index contributed by atoms with van der Waals surface area (Å²) in [6, 6.07) is 6.86. The Labute approximate surface area is 121 Å². The van der Waals surface area contributed by atoms with Crippen molar-refractivity contribution in [2.45, 2.75) is 17.7 Å². The van der Waals surface area contributed by atoms with Gasteiger partial charge < -0.3 is 5.32 Å². The van der Waals surface area contributed by atoms with Gasteiger partial charge in [-0.25, -0.2) is 0 Å². The molecule has 1 aromatic carbocycles. The first kappa shape index (κ1) is 14.4. The summed E-state index contributed by atoms with van der Waals surface area (Å²) in [6.07, 6.45) is 0. The highest BCUT2D eigenvalue weighted by Gasteiger charge is 2.11. The van der Waals surface area contributed by atoms with E-state index in [0.717, 1.165) is 22.0 Å². The zero-order valence-corrected chi connectivity index (χ0v) is 12.4. The lowest BCUT2D eigenvalue weighted by Gasteiger charge is -2.08. The number of nitrogens with one attached hydrogen (secondary N) is 1. The van der Waals surface area contributed by atoms with Gasteiger partial charge in [-0.1, -0.05) is 0 Å². The molecule has 0 bridgehead atoms. The molecule has 2 rings (SSSR count). The van der Waals surface area contributed by atoms with Gasteiger partial charge in [-0.05, 0) is 24.6 Å². The largest absolute Gasteiger partial charge is 0.388 e. The van der Waals surface area contributed by atoms with E-state index in [0.29, 0.717) is 5.75 Å². The van der Waals surface area contributed by atoms with Crippen LogP contribution in [-0.4, -0.2) is 21.8 Å². The van der Waals surface area contributed by atoms with Crippen molar-refractivity contribution in [2.75, 3.05) is 12.4 Å². The Kier molecular flexibility index (Phi) is 4.29. The molecule has 0 saturated carbocycles. The number of aromatic nitrogens is 2. The molecule has 7 heteroatoms. The maximum Gasteiger partial charge on any atom is 0.269 e. The number of anilines is 1. The summed E-state index contributed by atoms with van der Waals surface area (Å²) >= 11 is 1.61. The molecule has 0 aliphatic rings. The summed E-state index contributed by atoms with van der Waals surface area (Å²) in [7, 11) is 3.70. The van der Waals surface area contributed by atoms with Gasteiger partial charge in [0, 0.05) is 37.7 Å². The van der Waals surface area contributed by atoms with E-state index < -0.39 is 0 Å². The highest BCUT2D eigenvalue weighted by molar-refractivity contribution is 7.98. The summed E-state index contributed by atoms with van der Waals surface area (Å²) in [5.74, 6) is 0.650. The fraction of sp³-hybridized carbons (Fsp3) is 0.308. The van der Waals surface area contributed by atoms with Crippen molar-refractivity contribution in [3.8, 4) is 0 Å². The van der Waals surface area contributed by atoms with Crippen molar-refractivity contribution in [3.63, 3.8) is 0 Å². The summed E-state index contributed by atoms with van der Waals surface area (Å²) in [4.78, 5) is 10.5. The Morgan fingerprint density at radius 1 is 1.45 bits per heavy atom. The number of benzene rings is 1. The van der Waals surface area contributed by atoms with Gasteiger partial charge in [-0.15, -0.1) is 11.8 Å². The molecule has 6 nitrogen and oxygen atoms in total. The molecule has 20 heavy (non-hydrogen) atoms. The van der Waals surface area contributed by atoms with Gasteiger partial charge in [0.15, 0.2) is 0 Å². The van der Waals surface area contributed by atoms with Crippen LogP contribution < -0.4 is 5.32 Å². The third kappa shape index (κ3) is 3.11. The molecule has 2 aromatic rings. The normalized spacial score (nSPS) is 10.6. The molecule has 0 unspecified atom stereocenters. The number of nitrogens with zero attached hydrogens (tertiary/aromatic N) is 3. The van der Waals surface area contributed by atoms with Crippen molar-refractivity contribution in [3.05, 3.63) is 45.6 Å². The number of non-ortho nitro benzene ring substituents is 1. The first-order valence-corrected chi connectivity index (χ1v) is 7.08. The van der Waals surface area contributed by atoms with Gasteiger partial charge in [0.25, 0.3) is 5.69 Å². The third-order valence-electron chi connectivity index (χ3n) is 2.90. The van der Waals surface area contributed by atoms with E-state index in [4.69, 9.17) is 0 Å². The minimum absolute atomic E-state index is 0.112. The molecule has 1 N–H and O–H groups in total. The van der Waals surface area contributed by atoms with Crippen LogP contribution in [0.4, 0.5) is 11.4 Å². The minimum Gasteiger partial charge on any atom is -0.388 e. The Morgan fingerprint density at radius 2 is 2.20 bits per heavy atom. The second-order valence-corrected chi connectivity index (χ2v) is 5.38. The Bertz CT molecular complexity index is 639. The quantitative estimate of drug-likeness (QED) is 0.521. The van der Waals surface area contributed by atoms with E-state index in [2.05, 4.69) is 10.4 Å². The van der Waals surface area contributed by atoms with E-state index >= 15 is 0 Å². The minimum atomic E-state index is -0.373. The highest BCUT2D eigenvalue weighted by Crippen LogP contribution is 2.29.